The summed E-state index contributed by atoms with van der Waals surface area (Å²) in [7, 11) is 0. The predicted molar refractivity (Wildman–Crippen MR) is 69.7 cm³/mol. The lowest BCUT2D eigenvalue weighted by molar-refractivity contribution is 0.0411. The van der Waals surface area contributed by atoms with Crippen molar-refractivity contribution >= 4 is 0 Å². The molecule has 96 valence electrons. The molecule has 0 amide bonds. The number of hydrogen-bond donors (Lipinski definition) is 1. The Kier molecular flexibility index (Phi) is 6.37. The van der Waals surface area contributed by atoms with E-state index >= 15 is 0 Å². The summed E-state index contributed by atoms with van der Waals surface area (Å²) < 4.78 is 5.77. The molecule has 1 rings (SSSR count). The molecule has 0 heterocycles. The van der Waals surface area contributed by atoms with E-state index in [1.54, 1.807) is 0 Å². The van der Waals surface area contributed by atoms with E-state index < -0.39 is 0 Å². The maximum atomic E-state index is 5.77. The lowest BCUT2D eigenvalue weighted by Gasteiger charge is -2.33. The van der Waals surface area contributed by atoms with Crippen LogP contribution in [0.1, 0.15) is 53.4 Å². The highest BCUT2D eigenvalue weighted by Crippen LogP contribution is 2.30. The minimum Gasteiger partial charge on any atom is -0.377 e. The summed E-state index contributed by atoms with van der Waals surface area (Å²) in [5.41, 5.74) is 0. The van der Waals surface area contributed by atoms with Crippen LogP contribution >= 0.6 is 0 Å². The molecule has 1 unspecified atom stereocenters. The van der Waals surface area contributed by atoms with Gasteiger partial charge in [0.05, 0.1) is 12.7 Å². The van der Waals surface area contributed by atoms with Crippen molar-refractivity contribution in [2.45, 2.75) is 65.5 Å². The van der Waals surface area contributed by atoms with E-state index in [1.165, 1.54) is 25.7 Å². The number of nitrogens with one attached hydrogen (secondary N) is 1. The quantitative estimate of drug-likeness (QED) is 0.752. The van der Waals surface area contributed by atoms with Crippen molar-refractivity contribution < 1.29 is 4.74 Å². The van der Waals surface area contributed by atoms with Crippen molar-refractivity contribution in [1.82, 2.24) is 5.32 Å². The maximum absolute atomic E-state index is 5.77. The molecule has 1 aliphatic rings. The molecule has 2 heteroatoms. The highest BCUT2D eigenvalue weighted by atomic mass is 16.5. The smallest absolute Gasteiger partial charge is 0.0625 e. The van der Waals surface area contributed by atoms with Gasteiger partial charge in [0.2, 0.25) is 0 Å². The molecule has 0 aromatic heterocycles. The summed E-state index contributed by atoms with van der Waals surface area (Å²) in [5.74, 6) is 1.76. The first kappa shape index (κ1) is 14.0. The molecule has 0 aliphatic heterocycles. The Hall–Kier alpha value is -0.0800. The van der Waals surface area contributed by atoms with Crippen LogP contribution in [0.5, 0.6) is 0 Å². The molecule has 0 aromatic carbocycles. The molecule has 0 radical (unpaired) electrons. The van der Waals surface area contributed by atoms with Gasteiger partial charge in [0.25, 0.3) is 0 Å². The van der Waals surface area contributed by atoms with Gasteiger partial charge in [0, 0.05) is 6.04 Å². The second kappa shape index (κ2) is 7.29. The minimum absolute atomic E-state index is 0.351. The SMILES string of the molecule is CCNC(COC(C)C)C1CCC(C)CC1. The molecule has 1 atom stereocenters. The van der Waals surface area contributed by atoms with Gasteiger partial charge >= 0.3 is 0 Å². The van der Waals surface area contributed by atoms with E-state index in [0.717, 1.165) is 25.0 Å². The van der Waals surface area contributed by atoms with E-state index in [2.05, 4.69) is 33.0 Å². The minimum atomic E-state index is 0.351. The van der Waals surface area contributed by atoms with Gasteiger partial charge < -0.3 is 10.1 Å². The summed E-state index contributed by atoms with van der Waals surface area (Å²) in [4.78, 5) is 0. The van der Waals surface area contributed by atoms with Crippen molar-refractivity contribution in [3.05, 3.63) is 0 Å². The third-order valence-corrected chi connectivity index (χ3v) is 3.70. The standard InChI is InChI=1S/C14H29NO/c1-5-15-14(10-16-11(2)3)13-8-6-12(4)7-9-13/h11-15H,5-10H2,1-4H3. The van der Waals surface area contributed by atoms with Gasteiger partial charge in [0.1, 0.15) is 0 Å². The molecule has 1 saturated carbocycles. The first-order valence-corrected chi connectivity index (χ1v) is 6.98. The van der Waals surface area contributed by atoms with Crippen LogP contribution in [0.25, 0.3) is 0 Å². The highest BCUT2D eigenvalue weighted by molar-refractivity contribution is 4.80. The van der Waals surface area contributed by atoms with Crippen LogP contribution in [0, 0.1) is 11.8 Å². The first-order valence-electron chi connectivity index (χ1n) is 6.98. The Bertz CT molecular complexity index is 174. The Morgan fingerprint density at radius 2 is 1.81 bits per heavy atom. The number of ether oxygens (including phenoxy) is 1. The molecule has 0 saturated heterocycles. The van der Waals surface area contributed by atoms with Crippen molar-refractivity contribution in [2.24, 2.45) is 11.8 Å². The van der Waals surface area contributed by atoms with Crippen LogP contribution in [0.2, 0.25) is 0 Å². The van der Waals surface area contributed by atoms with Crippen LogP contribution in [-0.2, 0) is 4.74 Å². The molecule has 16 heavy (non-hydrogen) atoms. The fourth-order valence-electron chi connectivity index (χ4n) is 2.61. The topological polar surface area (TPSA) is 21.3 Å². The van der Waals surface area contributed by atoms with Gasteiger partial charge in [-0.2, -0.15) is 0 Å². The summed E-state index contributed by atoms with van der Waals surface area (Å²) in [6.07, 6.45) is 5.90. The van der Waals surface area contributed by atoms with Gasteiger partial charge in [-0.05, 0) is 45.1 Å². The van der Waals surface area contributed by atoms with E-state index in [9.17, 15) is 0 Å². The largest absolute Gasteiger partial charge is 0.377 e. The highest BCUT2D eigenvalue weighted by Gasteiger charge is 2.25. The van der Waals surface area contributed by atoms with Gasteiger partial charge in [-0.3, -0.25) is 0 Å². The zero-order valence-corrected chi connectivity index (χ0v) is 11.5. The third kappa shape index (κ3) is 4.84. The zero-order valence-electron chi connectivity index (χ0n) is 11.5. The van der Waals surface area contributed by atoms with Gasteiger partial charge in [-0.1, -0.05) is 26.7 Å². The van der Waals surface area contributed by atoms with Crippen molar-refractivity contribution in [2.75, 3.05) is 13.2 Å². The molecule has 2 nitrogen and oxygen atoms in total. The van der Waals surface area contributed by atoms with Gasteiger partial charge in [-0.15, -0.1) is 0 Å². The molecule has 1 N–H and O–H groups in total. The number of likely N-dealkylation sites (N-methyl/N-ethyl adjacent to an activating group) is 1. The van der Waals surface area contributed by atoms with Crippen LogP contribution in [0.15, 0.2) is 0 Å². The van der Waals surface area contributed by atoms with Crippen molar-refractivity contribution in [3.8, 4) is 0 Å². The van der Waals surface area contributed by atoms with Crippen LogP contribution in [-0.4, -0.2) is 25.3 Å². The monoisotopic (exact) mass is 227 g/mol. The first-order chi connectivity index (χ1) is 7.63. The molecule has 1 aliphatic carbocycles. The van der Waals surface area contributed by atoms with E-state index in [0.29, 0.717) is 12.1 Å². The number of rotatable bonds is 6. The molecular weight excluding hydrogens is 198 g/mol. The van der Waals surface area contributed by atoms with Crippen molar-refractivity contribution in [1.29, 1.82) is 0 Å². The van der Waals surface area contributed by atoms with Crippen LogP contribution < -0.4 is 5.32 Å². The fourth-order valence-corrected chi connectivity index (χ4v) is 2.61. The average Bonchev–Trinajstić information content (AvgIpc) is 2.25. The molecule has 0 aromatic rings. The Labute approximate surface area is 101 Å². The Morgan fingerprint density at radius 3 is 2.31 bits per heavy atom. The summed E-state index contributed by atoms with van der Waals surface area (Å²) >= 11 is 0. The zero-order chi connectivity index (χ0) is 12.0. The van der Waals surface area contributed by atoms with Gasteiger partial charge in [-0.25, -0.2) is 0 Å². The third-order valence-electron chi connectivity index (χ3n) is 3.70. The normalized spacial score (nSPS) is 28.3. The summed E-state index contributed by atoms with van der Waals surface area (Å²) in [6.45, 7) is 10.7. The lowest BCUT2D eigenvalue weighted by Crippen LogP contribution is -2.42. The average molecular weight is 227 g/mol. The second-order valence-corrected chi connectivity index (χ2v) is 5.57. The molecule has 0 bridgehead atoms. The second-order valence-electron chi connectivity index (χ2n) is 5.57. The molecule has 1 fully saturated rings. The van der Waals surface area contributed by atoms with Crippen LogP contribution in [0.4, 0.5) is 0 Å². The van der Waals surface area contributed by atoms with E-state index in [4.69, 9.17) is 4.74 Å². The fraction of sp³-hybridized carbons (Fsp3) is 1.00. The Morgan fingerprint density at radius 1 is 1.19 bits per heavy atom. The lowest BCUT2D eigenvalue weighted by atomic mass is 9.79. The van der Waals surface area contributed by atoms with Crippen molar-refractivity contribution in [3.63, 3.8) is 0 Å². The maximum Gasteiger partial charge on any atom is 0.0625 e. The predicted octanol–water partition coefficient (Wildman–Crippen LogP) is 3.22. The summed E-state index contributed by atoms with van der Waals surface area (Å²) in [5, 5.41) is 3.60. The van der Waals surface area contributed by atoms with E-state index in [1.807, 2.05) is 0 Å². The molecule has 0 spiro atoms. The molecular formula is C14H29NO. The summed E-state index contributed by atoms with van der Waals surface area (Å²) in [6, 6.07) is 0.569. The van der Waals surface area contributed by atoms with Crippen LogP contribution in [0.3, 0.4) is 0 Å². The Balaban J connectivity index is 2.36. The number of hydrogen-bond acceptors (Lipinski definition) is 2. The van der Waals surface area contributed by atoms with Gasteiger partial charge in [0.15, 0.2) is 0 Å². The van der Waals surface area contributed by atoms with E-state index in [-0.39, 0.29) is 0 Å².